The zero-order valence-corrected chi connectivity index (χ0v) is 15.9. The molecule has 4 aliphatic carbocycles. The van der Waals surface area contributed by atoms with Crippen LogP contribution in [-0.2, 0) is 15.0 Å². The average Bonchev–Trinajstić information content (AvgIpc) is 2.70. The normalized spacial score (nSPS) is 30.2. The first kappa shape index (κ1) is 18.0. The summed E-state index contributed by atoms with van der Waals surface area (Å²) in [5.74, 6) is 1.03. The predicted octanol–water partition coefficient (Wildman–Crippen LogP) is 3.59. The summed E-state index contributed by atoms with van der Waals surface area (Å²) in [4.78, 5) is 32.2. The number of carboxylic acid groups (broad SMARTS) is 1. The van der Waals surface area contributed by atoms with E-state index in [9.17, 15) is 14.7 Å². The molecule has 4 bridgehead atoms. The van der Waals surface area contributed by atoms with Crippen molar-refractivity contribution in [3.63, 3.8) is 0 Å². The van der Waals surface area contributed by atoms with Gasteiger partial charge in [0.05, 0.1) is 0 Å². The van der Waals surface area contributed by atoms with Gasteiger partial charge in [0.2, 0.25) is 0 Å². The number of carbonyl (C=O) groups excluding carboxylic acids is 1. The van der Waals surface area contributed by atoms with Gasteiger partial charge in [0, 0.05) is 41.4 Å². The molecule has 29 heavy (non-hydrogen) atoms. The predicted molar refractivity (Wildman–Crippen MR) is 106 cm³/mol. The number of aromatic hydroxyl groups is 1. The summed E-state index contributed by atoms with van der Waals surface area (Å²) < 4.78 is 0. The van der Waals surface area contributed by atoms with Gasteiger partial charge in [-0.3, -0.25) is 4.79 Å². The van der Waals surface area contributed by atoms with Crippen molar-refractivity contribution in [1.29, 1.82) is 0 Å². The Labute approximate surface area is 168 Å². The van der Waals surface area contributed by atoms with Gasteiger partial charge in [-0.05, 0) is 73.3 Å². The van der Waals surface area contributed by atoms with E-state index in [1.54, 1.807) is 18.5 Å². The van der Waals surface area contributed by atoms with Crippen LogP contribution in [0.1, 0.15) is 43.2 Å². The van der Waals surface area contributed by atoms with Crippen molar-refractivity contribution in [3.05, 3.63) is 47.8 Å². The molecular formula is C23H22N2O4. The third kappa shape index (κ3) is 3.03. The maximum absolute atomic E-state index is 12.6. The molecule has 1 aromatic carbocycles. The minimum Gasteiger partial charge on any atom is -0.508 e. The van der Waals surface area contributed by atoms with Crippen molar-refractivity contribution < 1.29 is 19.8 Å². The van der Waals surface area contributed by atoms with Crippen LogP contribution in [0.15, 0.2) is 36.7 Å². The minimum atomic E-state index is -1.02. The lowest BCUT2D eigenvalue weighted by Crippen LogP contribution is -2.53. The second kappa shape index (κ2) is 6.51. The zero-order valence-electron chi connectivity index (χ0n) is 15.9. The Kier molecular flexibility index (Phi) is 4.05. The second-order valence-corrected chi connectivity index (χ2v) is 8.77. The molecule has 2 atom stereocenters. The van der Waals surface area contributed by atoms with Crippen molar-refractivity contribution >= 4 is 17.8 Å². The van der Waals surface area contributed by atoms with Crippen molar-refractivity contribution in [3.8, 4) is 17.1 Å². The van der Waals surface area contributed by atoms with E-state index in [4.69, 9.17) is 5.11 Å². The number of phenols is 1. The number of carboxylic acids is 1. The van der Waals surface area contributed by atoms with Gasteiger partial charge in [-0.15, -0.1) is 0 Å². The number of hydrogen-bond donors (Lipinski definition) is 2. The molecule has 0 amide bonds. The first-order chi connectivity index (χ1) is 13.9. The van der Waals surface area contributed by atoms with Gasteiger partial charge in [0.25, 0.3) is 0 Å². The zero-order chi connectivity index (χ0) is 20.2. The van der Waals surface area contributed by atoms with Crippen LogP contribution < -0.4 is 0 Å². The fourth-order valence-electron chi connectivity index (χ4n) is 5.97. The molecule has 0 saturated heterocycles. The van der Waals surface area contributed by atoms with Crippen LogP contribution in [0, 0.1) is 17.8 Å². The Hall–Kier alpha value is -3.02. The quantitative estimate of drug-likeness (QED) is 0.774. The number of hydrogen-bond acceptors (Lipinski definition) is 5. The molecule has 0 radical (unpaired) electrons. The fraction of sp³-hybridized carbons (Fsp3) is 0.391. The highest BCUT2D eigenvalue weighted by Gasteiger charge is 2.56. The number of rotatable bonds is 4. The van der Waals surface area contributed by atoms with Gasteiger partial charge in [0.15, 0.2) is 5.82 Å². The van der Waals surface area contributed by atoms with E-state index in [-0.39, 0.29) is 23.0 Å². The van der Waals surface area contributed by atoms with Crippen LogP contribution in [0.3, 0.4) is 0 Å². The van der Waals surface area contributed by atoms with Crippen molar-refractivity contribution in [2.45, 2.75) is 37.5 Å². The summed E-state index contributed by atoms with van der Waals surface area (Å²) in [7, 11) is 0. The topological polar surface area (TPSA) is 100 Å². The number of carbonyl (C=O) groups is 2. The van der Waals surface area contributed by atoms with E-state index in [0.717, 1.165) is 49.3 Å². The SMILES string of the molecule is O=C(O)/C=C/c1cnc(-c2ccc(O)cc2C23CC4CC(C2)C(=O)C(C4)C3)nc1. The first-order valence-electron chi connectivity index (χ1n) is 10.0. The van der Waals surface area contributed by atoms with Crippen LogP contribution in [0.25, 0.3) is 17.5 Å². The summed E-state index contributed by atoms with van der Waals surface area (Å²) in [6, 6.07) is 5.33. The molecular weight excluding hydrogens is 368 g/mol. The van der Waals surface area contributed by atoms with E-state index in [1.165, 1.54) is 6.08 Å². The summed E-state index contributed by atoms with van der Waals surface area (Å²) in [6.45, 7) is 0. The number of phenolic OH excluding ortho intramolecular Hbond substituents is 1. The van der Waals surface area contributed by atoms with Crippen molar-refractivity contribution in [2.75, 3.05) is 0 Å². The van der Waals surface area contributed by atoms with E-state index in [0.29, 0.717) is 23.1 Å². The van der Waals surface area contributed by atoms with Gasteiger partial charge in [-0.25, -0.2) is 14.8 Å². The standard InChI is InChI=1S/C23H22N2O4/c26-17-2-3-18(22-24-11-13(12-25-22)1-4-20(27)28)19(7-17)23-8-14-5-15(9-23)21(29)16(6-14)10-23/h1-4,7,11-12,14-16,26H,5-6,8-10H2,(H,27,28)/b4-1+. The molecule has 4 saturated carbocycles. The molecule has 0 aliphatic heterocycles. The highest BCUT2D eigenvalue weighted by atomic mass is 16.4. The van der Waals surface area contributed by atoms with Crippen LogP contribution in [-0.4, -0.2) is 31.9 Å². The first-order valence-corrected chi connectivity index (χ1v) is 10.0. The Morgan fingerprint density at radius 2 is 1.79 bits per heavy atom. The van der Waals surface area contributed by atoms with Crippen LogP contribution in [0.4, 0.5) is 0 Å². The molecule has 2 N–H and O–H groups in total. The third-order valence-electron chi connectivity index (χ3n) is 6.90. The lowest BCUT2D eigenvalue weighted by molar-refractivity contribution is -0.142. The van der Waals surface area contributed by atoms with Gasteiger partial charge < -0.3 is 10.2 Å². The molecule has 148 valence electrons. The maximum atomic E-state index is 12.6. The number of nitrogens with zero attached hydrogens (tertiary/aromatic N) is 2. The minimum absolute atomic E-state index is 0.107. The molecule has 2 unspecified atom stereocenters. The number of aliphatic carboxylic acids is 1. The summed E-state index contributed by atoms with van der Waals surface area (Å²) >= 11 is 0. The third-order valence-corrected chi connectivity index (χ3v) is 6.90. The number of benzene rings is 1. The number of Topliss-reactive ketones (excluding diaryl/α,β-unsaturated/α-hetero) is 1. The molecule has 4 aliphatic rings. The lowest BCUT2D eigenvalue weighted by atomic mass is 9.47. The van der Waals surface area contributed by atoms with Gasteiger partial charge in [-0.2, -0.15) is 0 Å². The average molecular weight is 390 g/mol. The maximum Gasteiger partial charge on any atom is 0.328 e. The molecule has 6 heteroatoms. The molecule has 1 heterocycles. The smallest absolute Gasteiger partial charge is 0.328 e. The van der Waals surface area contributed by atoms with Crippen LogP contribution in [0.2, 0.25) is 0 Å². The molecule has 6 nitrogen and oxygen atoms in total. The highest BCUT2D eigenvalue weighted by molar-refractivity contribution is 5.86. The van der Waals surface area contributed by atoms with Crippen molar-refractivity contribution in [1.82, 2.24) is 9.97 Å². The molecule has 1 aromatic heterocycles. The van der Waals surface area contributed by atoms with E-state index in [1.807, 2.05) is 12.1 Å². The van der Waals surface area contributed by atoms with E-state index in [2.05, 4.69) is 9.97 Å². The van der Waals surface area contributed by atoms with E-state index >= 15 is 0 Å². The van der Waals surface area contributed by atoms with Crippen molar-refractivity contribution in [2.24, 2.45) is 17.8 Å². The lowest BCUT2D eigenvalue weighted by Gasteiger charge is -2.56. The van der Waals surface area contributed by atoms with E-state index < -0.39 is 5.97 Å². The van der Waals surface area contributed by atoms with Crippen LogP contribution >= 0.6 is 0 Å². The van der Waals surface area contributed by atoms with Gasteiger partial charge in [-0.1, -0.05) is 0 Å². The Bertz CT molecular complexity index is 1010. The Morgan fingerprint density at radius 1 is 1.10 bits per heavy atom. The van der Waals surface area contributed by atoms with Gasteiger partial charge in [0.1, 0.15) is 11.5 Å². The molecule has 2 aromatic rings. The summed E-state index contributed by atoms with van der Waals surface area (Å²) in [5.41, 5.74) is 2.42. The Balaban J connectivity index is 1.55. The van der Waals surface area contributed by atoms with Crippen LogP contribution in [0.5, 0.6) is 5.75 Å². The molecule has 0 spiro atoms. The largest absolute Gasteiger partial charge is 0.508 e. The molecule has 6 rings (SSSR count). The number of aromatic nitrogens is 2. The van der Waals surface area contributed by atoms with Gasteiger partial charge >= 0.3 is 5.97 Å². The summed E-state index contributed by atoms with van der Waals surface area (Å²) in [5, 5.41) is 19.0. The monoisotopic (exact) mass is 390 g/mol. The summed E-state index contributed by atoms with van der Waals surface area (Å²) in [6.07, 6.45) is 10.4. The highest BCUT2D eigenvalue weighted by Crippen LogP contribution is 2.60. The second-order valence-electron chi connectivity index (χ2n) is 8.77. The number of ketones is 1. The fourth-order valence-corrected chi connectivity index (χ4v) is 5.97. The Morgan fingerprint density at radius 3 is 2.45 bits per heavy atom. The molecule has 4 fully saturated rings.